The highest BCUT2D eigenvalue weighted by Crippen LogP contribution is 2.22. The van der Waals surface area contributed by atoms with E-state index in [0.717, 1.165) is 12.3 Å². The monoisotopic (exact) mass is 699 g/mol. The largest absolute Gasteiger partial charge is 0.425 e. The molecule has 246 valence electrons. The molecular formula is C22H33N7O11S4. The minimum Gasteiger partial charge on any atom is -0.353 e. The van der Waals surface area contributed by atoms with Gasteiger partial charge in [0.15, 0.2) is 0 Å². The van der Waals surface area contributed by atoms with Crippen molar-refractivity contribution in [3.05, 3.63) is 48.5 Å². The molecule has 0 aliphatic heterocycles. The van der Waals surface area contributed by atoms with Gasteiger partial charge in [-0.2, -0.15) is 31.8 Å². The van der Waals surface area contributed by atoms with Gasteiger partial charge in [-0.25, -0.2) is 8.42 Å². The molecular weight excluding hydrogens is 667 g/mol. The average molecular weight is 700 g/mol. The molecule has 0 radical (unpaired) electrons. The third kappa shape index (κ3) is 17.9. The molecule has 44 heavy (non-hydrogen) atoms. The molecule has 0 amide bonds. The van der Waals surface area contributed by atoms with Gasteiger partial charge in [-0.05, 0) is 42.5 Å². The lowest BCUT2D eigenvalue weighted by Gasteiger charge is -2.12. The van der Waals surface area contributed by atoms with Gasteiger partial charge in [0.25, 0.3) is 20.2 Å². The summed E-state index contributed by atoms with van der Waals surface area (Å²) in [6.07, 6.45) is 1.01. The second kappa shape index (κ2) is 18.6. The van der Waals surface area contributed by atoms with Gasteiger partial charge in [0, 0.05) is 23.6 Å². The van der Waals surface area contributed by atoms with Crippen LogP contribution in [0.5, 0.6) is 0 Å². The van der Waals surface area contributed by atoms with Crippen LogP contribution in [0.4, 0.5) is 34.9 Å². The molecule has 0 saturated heterocycles. The molecule has 18 nitrogen and oxygen atoms in total. The summed E-state index contributed by atoms with van der Waals surface area (Å²) in [5.74, 6) is -0.795. The first kappa shape index (κ1) is 40.0. The minimum atomic E-state index is -4.46. The molecule has 2 aromatic carbocycles. The lowest BCUT2D eigenvalue weighted by molar-refractivity contribution is 0.481. The van der Waals surface area contributed by atoms with E-state index in [1.165, 1.54) is 30.3 Å². The van der Waals surface area contributed by atoms with E-state index in [0.29, 0.717) is 11.4 Å². The van der Waals surface area contributed by atoms with Crippen molar-refractivity contribution >= 4 is 75.8 Å². The van der Waals surface area contributed by atoms with Gasteiger partial charge in [-0.1, -0.05) is 33.8 Å². The molecule has 3 rings (SSSR count). The predicted octanol–water partition coefficient (Wildman–Crippen LogP) is 2.33. The molecule has 1 aromatic heterocycles. The summed E-state index contributed by atoms with van der Waals surface area (Å²) in [5.41, 5.74) is 0.998. The smallest absolute Gasteiger partial charge is 0.353 e. The molecule has 0 unspecified atom stereocenters. The third-order valence-corrected chi connectivity index (χ3v) is 6.29. The van der Waals surface area contributed by atoms with Gasteiger partial charge >= 0.3 is 10.6 Å². The summed E-state index contributed by atoms with van der Waals surface area (Å²) in [6.45, 7) is 7.77. The van der Waals surface area contributed by atoms with Crippen molar-refractivity contribution in [2.24, 2.45) is 0 Å². The summed E-state index contributed by atoms with van der Waals surface area (Å²) >= 11 is 0. The number of aromatic nitrogens is 3. The molecule has 6 N–H and O–H groups in total. The molecule has 1 heterocycles. The van der Waals surface area contributed by atoms with Crippen molar-refractivity contribution in [3.8, 4) is 0 Å². The molecule has 0 aliphatic rings. The lowest BCUT2D eigenvalue weighted by Crippen LogP contribution is -2.17. The maximum absolute atomic E-state index is 11.4. The fourth-order valence-corrected chi connectivity index (χ4v) is 4.14. The van der Waals surface area contributed by atoms with Gasteiger partial charge in [-0.15, -0.1) is 12.6 Å². The first-order valence-electron chi connectivity index (χ1n) is 12.3. The molecule has 0 saturated carbocycles. The highest BCUT2D eigenvalue weighted by molar-refractivity contribution is 7.92. The number of hydrogen-bond donors (Lipinski definition) is 6. The molecule has 0 spiro atoms. The first-order valence-corrected chi connectivity index (χ1v) is 18.2. The Balaban J connectivity index is 0.00000210. The zero-order valence-electron chi connectivity index (χ0n) is 24.1. The maximum Gasteiger partial charge on any atom is 0.425 e. The Kier molecular flexibility index (Phi) is 17.0. The van der Waals surface area contributed by atoms with Crippen molar-refractivity contribution in [2.75, 3.05) is 39.2 Å². The van der Waals surface area contributed by atoms with Crippen molar-refractivity contribution in [2.45, 2.75) is 32.6 Å². The standard InChI is InChI=1S/C18H21N7O8S3.2C2H6.O3S/c1-34(26,27)25-13-7-5-12(6-8-13)20-17-22-16(19-9-10-35(28,29)30)23-18(24-17)21-14-3-2-4-15(11-14)36(31,32)33;2*1-2;1-4(2)3/h2-8,11,25H,9-10H2,1H3,(H,28,29,30)(H,31,32,33)(H3,19,20,21,22,23,24);2*1-2H3;. The molecule has 0 aliphatic carbocycles. The topological polar surface area (TPSA) is 281 Å². The third-order valence-electron chi connectivity index (χ3n) is 4.11. The van der Waals surface area contributed by atoms with E-state index in [4.69, 9.17) is 17.2 Å². The Morgan fingerprint density at radius 2 is 1.16 bits per heavy atom. The van der Waals surface area contributed by atoms with Crippen LogP contribution >= 0.6 is 0 Å². The summed E-state index contributed by atoms with van der Waals surface area (Å²) in [5, 5.41) is 8.27. The number of sulfonamides is 1. The van der Waals surface area contributed by atoms with Crippen LogP contribution in [-0.4, -0.2) is 80.5 Å². The Bertz CT molecular complexity index is 1780. The Morgan fingerprint density at radius 1 is 0.705 bits per heavy atom. The Morgan fingerprint density at radius 3 is 1.61 bits per heavy atom. The van der Waals surface area contributed by atoms with Crippen LogP contribution in [0.3, 0.4) is 0 Å². The molecule has 22 heteroatoms. The van der Waals surface area contributed by atoms with Crippen molar-refractivity contribution < 1.29 is 47.0 Å². The SMILES string of the molecule is CC.CC.CS(=O)(=O)Nc1ccc(Nc2nc(NCCS(=O)(=O)O)nc(Nc3cccc(S(=O)(=O)O)c3)n2)cc1.O=S(=O)=O. The van der Waals surface area contributed by atoms with Gasteiger partial charge in [-0.3, -0.25) is 13.8 Å². The van der Waals surface area contributed by atoms with Gasteiger partial charge in [0.2, 0.25) is 27.9 Å². The Hall–Kier alpha value is -3.96. The molecule has 0 bridgehead atoms. The van der Waals surface area contributed by atoms with Crippen LogP contribution in [-0.2, 0) is 40.9 Å². The predicted molar refractivity (Wildman–Crippen MR) is 165 cm³/mol. The van der Waals surface area contributed by atoms with Crippen molar-refractivity contribution in [3.63, 3.8) is 0 Å². The highest BCUT2D eigenvalue weighted by atomic mass is 32.2. The van der Waals surface area contributed by atoms with E-state index in [9.17, 15) is 29.8 Å². The highest BCUT2D eigenvalue weighted by Gasteiger charge is 2.13. The first-order chi connectivity index (χ1) is 20.4. The van der Waals surface area contributed by atoms with E-state index in [-0.39, 0.29) is 35.0 Å². The van der Waals surface area contributed by atoms with Crippen molar-refractivity contribution in [1.29, 1.82) is 0 Å². The number of nitrogens with zero attached hydrogens (tertiary/aromatic N) is 3. The van der Waals surface area contributed by atoms with Gasteiger partial charge < -0.3 is 16.0 Å². The zero-order valence-corrected chi connectivity index (χ0v) is 27.3. The quantitative estimate of drug-likeness (QED) is 0.157. The van der Waals surface area contributed by atoms with Gasteiger partial charge in [0.1, 0.15) is 0 Å². The van der Waals surface area contributed by atoms with Gasteiger partial charge in [0.05, 0.1) is 16.9 Å². The second-order valence-corrected chi connectivity index (χ2v) is 12.6. The summed E-state index contributed by atoms with van der Waals surface area (Å²) in [6, 6.07) is 11.3. The fourth-order valence-electron chi connectivity index (χ4n) is 2.69. The summed E-state index contributed by atoms with van der Waals surface area (Å²) < 4.78 is 113. The van der Waals surface area contributed by atoms with Crippen LogP contribution in [0.15, 0.2) is 53.4 Å². The lowest BCUT2D eigenvalue weighted by atomic mass is 10.3. The van der Waals surface area contributed by atoms with E-state index in [1.54, 1.807) is 12.1 Å². The minimum absolute atomic E-state index is 0.0170. The van der Waals surface area contributed by atoms with Crippen LogP contribution in [0.25, 0.3) is 0 Å². The molecule has 0 atom stereocenters. The Labute approximate surface area is 257 Å². The summed E-state index contributed by atoms with van der Waals surface area (Å²) in [4.78, 5) is 12.0. The van der Waals surface area contributed by atoms with E-state index in [1.807, 2.05) is 27.7 Å². The van der Waals surface area contributed by atoms with Crippen molar-refractivity contribution in [1.82, 2.24) is 15.0 Å². The zero-order chi connectivity index (χ0) is 34.1. The average Bonchev–Trinajstić information content (AvgIpc) is 2.90. The fraction of sp³-hybridized carbons (Fsp3) is 0.318. The molecule has 0 fully saturated rings. The number of rotatable bonds is 11. The van der Waals surface area contributed by atoms with E-state index in [2.05, 4.69) is 35.6 Å². The number of hydrogen-bond acceptors (Lipinski definition) is 15. The van der Waals surface area contributed by atoms with Crippen LogP contribution in [0.1, 0.15) is 27.7 Å². The van der Waals surface area contributed by atoms with E-state index >= 15 is 0 Å². The number of nitrogens with one attached hydrogen (secondary N) is 4. The number of benzene rings is 2. The van der Waals surface area contributed by atoms with E-state index < -0.39 is 46.6 Å². The summed E-state index contributed by atoms with van der Waals surface area (Å²) in [7, 11) is -15.3. The number of anilines is 6. The normalized spacial score (nSPS) is 10.7. The second-order valence-electron chi connectivity index (χ2n) is 7.43. The maximum atomic E-state index is 11.4. The van der Waals surface area contributed by atoms with Crippen LogP contribution in [0.2, 0.25) is 0 Å². The molecule has 3 aromatic rings. The van der Waals surface area contributed by atoms with Crippen LogP contribution in [0, 0.1) is 0 Å². The van der Waals surface area contributed by atoms with Crippen LogP contribution < -0.4 is 20.7 Å².